The lowest BCUT2D eigenvalue weighted by atomic mass is 10.0. The van der Waals surface area contributed by atoms with Gasteiger partial charge < -0.3 is 0 Å². The van der Waals surface area contributed by atoms with Crippen LogP contribution in [-0.4, -0.2) is 10.8 Å². The van der Waals surface area contributed by atoms with E-state index in [9.17, 15) is 13.6 Å². The van der Waals surface area contributed by atoms with Crippen molar-refractivity contribution in [2.75, 3.05) is 0 Å². The standard InChI is InChI=1S/C15H13F2NO/c1-2-11-4-3-5-18-15(11)14(19)8-10-6-12(16)9-13(17)7-10/h3-7,9H,2,8H2,1H3. The lowest BCUT2D eigenvalue weighted by molar-refractivity contribution is 0.0987. The normalized spacial score (nSPS) is 10.5. The van der Waals surface area contributed by atoms with E-state index < -0.39 is 11.6 Å². The van der Waals surface area contributed by atoms with Gasteiger partial charge in [0.1, 0.15) is 17.3 Å². The molecule has 2 nitrogen and oxygen atoms in total. The van der Waals surface area contributed by atoms with Crippen LogP contribution in [0.25, 0.3) is 0 Å². The van der Waals surface area contributed by atoms with Gasteiger partial charge in [-0.1, -0.05) is 13.0 Å². The number of pyridine rings is 1. The summed E-state index contributed by atoms with van der Waals surface area (Å²) in [4.78, 5) is 16.2. The molecular formula is C15H13F2NO. The number of ketones is 1. The number of benzene rings is 1. The van der Waals surface area contributed by atoms with E-state index >= 15 is 0 Å². The third-order valence-corrected chi connectivity index (χ3v) is 2.82. The highest BCUT2D eigenvalue weighted by Gasteiger charge is 2.13. The number of nitrogens with zero attached hydrogens (tertiary/aromatic N) is 1. The number of aryl methyl sites for hydroxylation is 1. The highest BCUT2D eigenvalue weighted by molar-refractivity contribution is 5.97. The Bertz CT molecular complexity index is 591. The van der Waals surface area contributed by atoms with Gasteiger partial charge in [-0.3, -0.25) is 9.78 Å². The summed E-state index contributed by atoms with van der Waals surface area (Å²) in [6.07, 6.45) is 2.17. The second-order valence-corrected chi connectivity index (χ2v) is 4.24. The van der Waals surface area contributed by atoms with Gasteiger partial charge in [-0.25, -0.2) is 8.78 Å². The molecule has 1 aromatic carbocycles. The summed E-state index contributed by atoms with van der Waals surface area (Å²) in [5, 5.41) is 0. The first-order valence-electron chi connectivity index (χ1n) is 6.02. The molecular weight excluding hydrogens is 248 g/mol. The van der Waals surface area contributed by atoms with Gasteiger partial charge in [0.25, 0.3) is 0 Å². The first kappa shape index (κ1) is 13.3. The summed E-state index contributed by atoms with van der Waals surface area (Å²) in [5.74, 6) is -1.60. The molecule has 1 heterocycles. The second-order valence-electron chi connectivity index (χ2n) is 4.24. The van der Waals surface area contributed by atoms with Crippen molar-refractivity contribution in [3.05, 3.63) is 65.0 Å². The Balaban J connectivity index is 2.25. The van der Waals surface area contributed by atoms with E-state index in [0.29, 0.717) is 17.7 Å². The number of Topliss-reactive ketones (excluding diaryl/α,β-unsaturated/α-hetero) is 1. The summed E-state index contributed by atoms with van der Waals surface area (Å²) < 4.78 is 26.1. The maximum absolute atomic E-state index is 13.1. The number of rotatable bonds is 4. The lowest BCUT2D eigenvalue weighted by Crippen LogP contribution is -2.09. The quantitative estimate of drug-likeness (QED) is 0.790. The van der Waals surface area contributed by atoms with Gasteiger partial charge >= 0.3 is 0 Å². The monoisotopic (exact) mass is 261 g/mol. The molecule has 0 bridgehead atoms. The summed E-state index contributed by atoms with van der Waals surface area (Å²) >= 11 is 0. The molecule has 4 heteroatoms. The number of hydrogen-bond donors (Lipinski definition) is 0. The molecule has 2 aromatic rings. The maximum atomic E-state index is 13.1. The highest BCUT2D eigenvalue weighted by Crippen LogP contribution is 2.13. The van der Waals surface area contributed by atoms with Crippen LogP contribution in [0.4, 0.5) is 8.78 Å². The van der Waals surface area contributed by atoms with Crippen molar-refractivity contribution in [2.24, 2.45) is 0 Å². The average molecular weight is 261 g/mol. The van der Waals surface area contributed by atoms with Crippen molar-refractivity contribution >= 4 is 5.78 Å². The van der Waals surface area contributed by atoms with Crippen molar-refractivity contribution in [3.8, 4) is 0 Å². The van der Waals surface area contributed by atoms with E-state index in [4.69, 9.17) is 0 Å². The third kappa shape index (κ3) is 3.22. The molecule has 98 valence electrons. The summed E-state index contributed by atoms with van der Waals surface area (Å²) in [7, 11) is 0. The predicted molar refractivity (Wildman–Crippen MR) is 68.0 cm³/mol. The molecule has 2 rings (SSSR count). The van der Waals surface area contributed by atoms with Gasteiger partial charge in [0.15, 0.2) is 5.78 Å². The summed E-state index contributed by atoms with van der Waals surface area (Å²) in [6, 6.07) is 6.70. The van der Waals surface area contributed by atoms with Crippen LogP contribution in [0, 0.1) is 11.6 Å². The number of carbonyl (C=O) groups excluding carboxylic acids is 1. The van der Waals surface area contributed by atoms with Crippen molar-refractivity contribution in [3.63, 3.8) is 0 Å². The van der Waals surface area contributed by atoms with Crippen LogP contribution >= 0.6 is 0 Å². The minimum absolute atomic E-state index is 0.0569. The van der Waals surface area contributed by atoms with Crippen LogP contribution in [0.3, 0.4) is 0 Å². The lowest BCUT2D eigenvalue weighted by Gasteiger charge is -2.06. The SMILES string of the molecule is CCc1cccnc1C(=O)Cc1cc(F)cc(F)c1. The van der Waals surface area contributed by atoms with E-state index in [0.717, 1.165) is 23.8 Å². The smallest absolute Gasteiger partial charge is 0.185 e. The first-order chi connectivity index (χ1) is 9.10. The maximum Gasteiger partial charge on any atom is 0.185 e. The molecule has 0 aliphatic rings. The van der Waals surface area contributed by atoms with Gasteiger partial charge in [-0.15, -0.1) is 0 Å². The first-order valence-corrected chi connectivity index (χ1v) is 6.02. The Kier molecular flexibility index (Phi) is 4.00. The van der Waals surface area contributed by atoms with Crippen LogP contribution in [0.2, 0.25) is 0 Å². The molecule has 19 heavy (non-hydrogen) atoms. The van der Waals surface area contributed by atoms with Crippen molar-refractivity contribution in [1.29, 1.82) is 0 Å². The minimum atomic E-state index is -0.681. The van der Waals surface area contributed by atoms with Crippen molar-refractivity contribution in [1.82, 2.24) is 4.98 Å². The average Bonchev–Trinajstić information content (AvgIpc) is 2.37. The topological polar surface area (TPSA) is 30.0 Å². The van der Waals surface area contributed by atoms with Gasteiger partial charge in [0.05, 0.1) is 0 Å². The fourth-order valence-corrected chi connectivity index (χ4v) is 1.96. The third-order valence-electron chi connectivity index (χ3n) is 2.82. The molecule has 0 amide bonds. The van der Waals surface area contributed by atoms with Gasteiger partial charge in [0, 0.05) is 18.7 Å². The Morgan fingerprint density at radius 2 is 1.89 bits per heavy atom. The number of carbonyl (C=O) groups is 1. The van der Waals surface area contributed by atoms with Crippen molar-refractivity contribution in [2.45, 2.75) is 19.8 Å². The fourth-order valence-electron chi connectivity index (χ4n) is 1.96. The van der Waals surface area contributed by atoms with Gasteiger partial charge in [-0.05, 0) is 35.7 Å². The van der Waals surface area contributed by atoms with Crippen LogP contribution in [-0.2, 0) is 12.8 Å². The van der Waals surface area contributed by atoms with Crippen LogP contribution in [0.1, 0.15) is 28.5 Å². The minimum Gasteiger partial charge on any atom is -0.292 e. The van der Waals surface area contributed by atoms with E-state index in [1.54, 1.807) is 12.3 Å². The van der Waals surface area contributed by atoms with Gasteiger partial charge in [-0.2, -0.15) is 0 Å². The zero-order valence-corrected chi connectivity index (χ0v) is 10.5. The molecule has 0 saturated carbocycles. The molecule has 0 spiro atoms. The molecule has 0 saturated heterocycles. The summed E-state index contributed by atoms with van der Waals surface area (Å²) in [5.41, 5.74) is 1.52. The molecule has 1 aromatic heterocycles. The number of halogens is 2. The predicted octanol–water partition coefficient (Wildman–Crippen LogP) is 3.35. The van der Waals surface area contributed by atoms with Crippen LogP contribution < -0.4 is 0 Å². The Labute approximate surface area is 110 Å². The zero-order valence-electron chi connectivity index (χ0n) is 10.5. The van der Waals surface area contributed by atoms with Crippen LogP contribution in [0.5, 0.6) is 0 Å². The Morgan fingerprint density at radius 3 is 2.53 bits per heavy atom. The zero-order chi connectivity index (χ0) is 13.8. The molecule has 0 aliphatic heterocycles. The van der Waals surface area contributed by atoms with Crippen LogP contribution in [0.15, 0.2) is 36.5 Å². The van der Waals surface area contributed by atoms with E-state index in [-0.39, 0.29) is 12.2 Å². The Morgan fingerprint density at radius 1 is 1.21 bits per heavy atom. The number of aromatic nitrogens is 1. The molecule has 0 unspecified atom stereocenters. The number of hydrogen-bond acceptors (Lipinski definition) is 2. The molecule has 0 atom stereocenters. The molecule has 0 aliphatic carbocycles. The Hall–Kier alpha value is -2.10. The molecule has 0 N–H and O–H groups in total. The molecule has 0 fully saturated rings. The van der Waals surface area contributed by atoms with E-state index in [2.05, 4.69) is 4.98 Å². The highest BCUT2D eigenvalue weighted by atomic mass is 19.1. The second kappa shape index (κ2) is 5.69. The van der Waals surface area contributed by atoms with Gasteiger partial charge in [0.2, 0.25) is 0 Å². The van der Waals surface area contributed by atoms with E-state index in [1.807, 2.05) is 13.0 Å². The summed E-state index contributed by atoms with van der Waals surface area (Å²) in [6.45, 7) is 1.93. The fraction of sp³-hybridized carbons (Fsp3) is 0.200. The molecule has 0 radical (unpaired) electrons. The van der Waals surface area contributed by atoms with E-state index in [1.165, 1.54) is 0 Å². The van der Waals surface area contributed by atoms with Crippen molar-refractivity contribution < 1.29 is 13.6 Å². The largest absolute Gasteiger partial charge is 0.292 e.